The van der Waals surface area contributed by atoms with Gasteiger partial charge in [0.05, 0.1) is 30.4 Å². The second-order valence-electron chi connectivity index (χ2n) is 21.3. The molecule has 3 saturated heterocycles. The van der Waals surface area contributed by atoms with E-state index in [4.69, 9.17) is 28.9 Å². The Hall–Kier alpha value is -4.55. The molecule has 1 aliphatic carbocycles. The maximum atomic E-state index is 18.0. The van der Waals surface area contributed by atoms with Crippen molar-refractivity contribution in [2.24, 2.45) is 5.41 Å². The van der Waals surface area contributed by atoms with Crippen LogP contribution in [0.25, 0.3) is 32.8 Å². The van der Waals surface area contributed by atoms with E-state index in [0.717, 1.165) is 58.2 Å². The van der Waals surface area contributed by atoms with Crippen molar-refractivity contribution in [3.8, 4) is 34.4 Å². The van der Waals surface area contributed by atoms with Crippen LogP contribution in [0.4, 0.5) is 19.4 Å². The third kappa shape index (κ3) is 9.60. The normalized spacial score (nSPS) is 20.1. The molecule has 3 aliphatic heterocycles. The summed E-state index contributed by atoms with van der Waals surface area (Å²) in [6, 6.07) is 10.1. The lowest BCUT2D eigenvalue weighted by atomic mass is 9.93. The number of anilines is 1. The maximum Gasteiger partial charge on any atom is 0.410 e. The molecule has 66 heavy (non-hydrogen) atoms. The zero-order valence-corrected chi connectivity index (χ0v) is 41.6. The van der Waals surface area contributed by atoms with Crippen LogP contribution in [0.15, 0.2) is 36.4 Å². The number of aliphatic hydroxyl groups is 1. The van der Waals surface area contributed by atoms with Crippen LogP contribution in [-0.2, 0) is 9.47 Å². The van der Waals surface area contributed by atoms with Crippen molar-refractivity contribution < 1.29 is 37.6 Å². The summed E-state index contributed by atoms with van der Waals surface area (Å²) in [6.07, 6.45) is 4.54. The number of aliphatic hydroxyl groups excluding tert-OH is 1. The number of hydrogen-bond donors (Lipinski definition) is 1. The van der Waals surface area contributed by atoms with E-state index in [-0.39, 0.29) is 59.1 Å². The van der Waals surface area contributed by atoms with E-state index in [1.807, 2.05) is 37.8 Å². The molecule has 1 aromatic heterocycles. The van der Waals surface area contributed by atoms with E-state index < -0.39 is 25.3 Å². The van der Waals surface area contributed by atoms with Gasteiger partial charge in [0.15, 0.2) is 12.6 Å². The molecule has 0 radical (unpaired) electrons. The first kappa shape index (κ1) is 47.9. The third-order valence-corrected chi connectivity index (χ3v) is 21.0. The summed E-state index contributed by atoms with van der Waals surface area (Å²) in [5.74, 6) is 3.27. The predicted molar refractivity (Wildman–Crippen MR) is 259 cm³/mol. The van der Waals surface area contributed by atoms with Crippen LogP contribution in [0.5, 0.6) is 11.8 Å². The number of hydrogen-bond acceptors (Lipinski definition) is 10. The smallest absolute Gasteiger partial charge is 0.410 e. The number of piperazine rings is 1. The van der Waals surface area contributed by atoms with Crippen molar-refractivity contribution in [1.82, 2.24) is 19.8 Å². The number of carbonyl (C=O) groups is 1. The summed E-state index contributed by atoms with van der Waals surface area (Å²) < 4.78 is 58.0. The molecule has 356 valence electrons. The summed E-state index contributed by atoms with van der Waals surface area (Å²) >= 11 is 0. The Morgan fingerprint density at radius 1 is 0.909 bits per heavy atom. The minimum absolute atomic E-state index is 0.0358. The van der Waals surface area contributed by atoms with Crippen molar-refractivity contribution >= 4 is 41.7 Å². The van der Waals surface area contributed by atoms with Crippen LogP contribution in [-0.4, -0.2) is 116 Å². The predicted octanol–water partition coefficient (Wildman–Crippen LogP) is 10.5. The average Bonchev–Trinajstić information content (AvgIpc) is 3.97. The molecule has 2 bridgehead atoms. The van der Waals surface area contributed by atoms with Gasteiger partial charge in [-0.25, -0.2) is 13.6 Å². The minimum atomic E-state index is -2.30. The molecule has 4 heterocycles. The Kier molecular flexibility index (Phi) is 13.7. The van der Waals surface area contributed by atoms with Gasteiger partial charge in [0.2, 0.25) is 0 Å². The van der Waals surface area contributed by atoms with Crippen molar-refractivity contribution in [1.29, 1.82) is 0 Å². The number of benzene rings is 3. The van der Waals surface area contributed by atoms with Crippen molar-refractivity contribution in [3.63, 3.8) is 0 Å². The molecule has 2 unspecified atom stereocenters. The van der Waals surface area contributed by atoms with Crippen LogP contribution in [0.3, 0.4) is 0 Å². The van der Waals surface area contributed by atoms with E-state index in [1.54, 1.807) is 18.2 Å². The van der Waals surface area contributed by atoms with Gasteiger partial charge in [0.25, 0.3) is 0 Å². The van der Waals surface area contributed by atoms with Gasteiger partial charge in [0, 0.05) is 61.6 Å². The molecule has 0 spiro atoms. The first-order chi connectivity index (χ1) is 31.3. The molecule has 8 rings (SSSR count). The maximum absolute atomic E-state index is 18.0. The van der Waals surface area contributed by atoms with E-state index in [2.05, 4.69) is 62.8 Å². The fourth-order valence-electron chi connectivity index (χ4n) is 11.2. The Bertz CT molecular complexity index is 2470. The van der Waals surface area contributed by atoms with Crippen molar-refractivity contribution in [3.05, 3.63) is 53.6 Å². The Labute approximate surface area is 390 Å². The van der Waals surface area contributed by atoms with Crippen LogP contribution in [0.1, 0.15) is 106 Å². The number of amides is 1. The third-order valence-electron chi connectivity index (χ3n) is 14.7. The topological polar surface area (TPSA) is 110 Å². The van der Waals surface area contributed by atoms with Crippen LogP contribution in [0.2, 0.25) is 16.6 Å². The molecular weight excluding hydrogens is 857 g/mol. The van der Waals surface area contributed by atoms with Gasteiger partial charge in [-0.2, -0.15) is 9.97 Å². The number of aromatic nitrogens is 2. The largest absolute Gasteiger partial charge is 0.468 e. The second kappa shape index (κ2) is 18.9. The van der Waals surface area contributed by atoms with Gasteiger partial charge < -0.3 is 33.9 Å². The average molecular weight is 926 g/mol. The fourth-order valence-corrected chi connectivity index (χ4v) is 16.4. The zero-order valence-electron chi connectivity index (χ0n) is 40.6. The lowest BCUT2D eigenvalue weighted by molar-refractivity contribution is 0.0122. The Balaban J connectivity index is 1.25. The summed E-state index contributed by atoms with van der Waals surface area (Å²) in [6.45, 7) is 22.8. The highest BCUT2D eigenvalue weighted by Gasteiger charge is 2.47. The molecule has 2 atom stereocenters. The minimum Gasteiger partial charge on any atom is -0.468 e. The molecule has 1 amide bonds. The highest BCUT2D eigenvalue weighted by atomic mass is 28.3. The number of carbonyl (C=O) groups excluding carboxylic acids is 1. The van der Waals surface area contributed by atoms with Crippen molar-refractivity contribution in [2.75, 3.05) is 58.1 Å². The SMILES string of the molecule is COCOc1cc(-c2ccc3c(N4CC5CCC(C4)N5C(=O)OC(C)(C)C)nc(OCC4(CN5CCC(O)CC5)CC4)nc3c2F)c2c(C#C[Si](C(C)C)(C(C)C)C(C)C)c(F)ccc2c1. The second-order valence-corrected chi connectivity index (χ2v) is 26.9. The standard InChI is InChI=1S/C52H69F2N5O6Si/c1-32(2)66(33(3)4,34(5)6)24-19-41-44(53)16-11-35-25-39(64-31-62-10)26-43(45(35)41)40-14-15-42-47(46(40)54)55-49(63-30-52(20-21-52)29-57-22-17-38(60)18-23-57)56-48(42)58-27-36-12-13-37(28-58)59(36)50(61)65-51(7,8)9/h11,14-16,25-26,32-34,36-38,60H,12-13,17-18,20-23,27-31H2,1-10H3. The van der Waals surface area contributed by atoms with E-state index >= 15 is 8.78 Å². The number of fused-ring (bicyclic) bond motifs is 4. The molecule has 4 aliphatic rings. The van der Waals surface area contributed by atoms with Crippen LogP contribution >= 0.6 is 0 Å². The van der Waals surface area contributed by atoms with Gasteiger partial charge in [-0.1, -0.05) is 59.6 Å². The number of ether oxygens (including phenoxy) is 4. The van der Waals surface area contributed by atoms with Crippen molar-refractivity contribution in [2.45, 2.75) is 141 Å². The molecule has 11 nitrogen and oxygen atoms in total. The van der Waals surface area contributed by atoms with Crippen LogP contribution in [0, 0.1) is 28.5 Å². The Morgan fingerprint density at radius 2 is 1.58 bits per heavy atom. The first-order valence-corrected chi connectivity index (χ1v) is 26.3. The summed E-state index contributed by atoms with van der Waals surface area (Å²) in [5.41, 5.74) is 4.90. The quantitative estimate of drug-likeness (QED) is 0.0791. The van der Waals surface area contributed by atoms with Gasteiger partial charge in [-0.05, 0) is 111 Å². The highest BCUT2D eigenvalue weighted by Crippen LogP contribution is 2.48. The van der Waals surface area contributed by atoms with Gasteiger partial charge in [-0.15, -0.1) is 5.54 Å². The molecule has 3 aromatic carbocycles. The summed E-state index contributed by atoms with van der Waals surface area (Å²) in [7, 11) is -0.768. The number of rotatable bonds is 13. The number of halogens is 2. The number of nitrogens with zero attached hydrogens (tertiary/aromatic N) is 5. The first-order valence-electron chi connectivity index (χ1n) is 24.0. The van der Waals surface area contributed by atoms with E-state index in [9.17, 15) is 9.90 Å². The molecule has 1 saturated carbocycles. The number of piperidine rings is 1. The monoisotopic (exact) mass is 925 g/mol. The van der Waals surface area contributed by atoms with Gasteiger partial charge in [0.1, 0.15) is 36.6 Å². The van der Waals surface area contributed by atoms with Gasteiger partial charge >= 0.3 is 12.1 Å². The van der Waals surface area contributed by atoms with Crippen LogP contribution < -0.4 is 14.4 Å². The zero-order chi connectivity index (χ0) is 47.3. The molecule has 4 fully saturated rings. The van der Waals surface area contributed by atoms with E-state index in [1.165, 1.54) is 13.2 Å². The molecular formula is C52H69F2N5O6Si. The number of methoxy groups -OCH3 is 1. The molecule has 1 N–H and O–H groups in total. The highest BCUT2D eigenvalue weighted by molar-refractivity contribution is 6.90. The lowest BCUT2D eigenvalue weighted by Gasteiger charge is -2.42. The lowest BCUT2D eigenvalue weighted by Crippen LogP contribution is -2.57. The number of likely N-dealkylation sites (tertiary alicyclic amines) is 1. The molecule has 4 aromatic rings. The van der Waals surface area contributed by atoms with E-state index in [0.29, 0.717) is 69.6 Å². The van der Waals surface area contributed by atoms with Gasteiger partial charge in [-0.3, -0.25) is 4.90 Å². The summed E-state index contributed by atoms with van der Waals surface area (Å²) in [5, 5.41) is 11.8. The Morgan fingerprint density at radius 3 is 2.18 bits per heavy atom. The molecule has 14 heteroatoms. The fraction of sp³-hybridized carbons (Fsp3) is 0.596. The summed E-state index contributed by atoms with van der Waals surface area (Å²) in [4.78, 5) is 29.8.